The van der Waals surface area contributed by atoms with E-state index in [9.17, 15) is 9.59 Å². The highest BCUT2D eigenvalue weighted by Crippen LogP contribution is 2.32. The Morgan fingerprint density at radius 1 is 1.39 bits per heavy atom. The minimum Gasteiger partial charge on any atom is -0.297 e. The predicted molar refractivity (Wildman–Crippen MR) is 75.6 cm³/mol. The third kappa shape index (κ3) is 2.21. The number of hydrogen-bond acceptors (Lipinski definition) is 2. The van der Waals surface area contributed by atoms with Crippen molar-refractivity contribution in [3.63, 3.8) is 0 Å². The molecule has 18 heavy (non-hydrogen) atoms. The van der Waals surface area contributed by atoms with Crippen molar-refractivity contribution in [1.29, 1.82) is 0 Å². The molecule has 0 spiro atoms. The lowest BCUT2D eigenvalue weighted by molar-refractivity contribution is 0.456. The van der Waals surface area contributed by atoms with Gasteiger partial charge in [0.15, 0.2) is 0 Å². The zero-order valence-electron chi connectivity index (χ0n) is 11.2. The molecule has 0 aliphatic heterocycles. The molecular weight excluding hydrogens is 227 g/mol. The molecule has 0 saturated heterocycles. The Hall–Kier alpha value is -1.52. The van der Waals surface area contributed by atoms with Gasteiger partial charge in [-0.25, -0.2) is 4.79 Å². The Bertz CT molecular complexity index is 586. The van der Waals surface area contributed by atoms with E-state index in [0.717, 1.165) is 19.3 Å². The Morgan fingerprint density at radius 3 is 2.67 bits per heavy atom. The molecule has 0 bridgehead atoms. The van der Waals surface area contributed by atoms with Crippen LogP contribution in [0.2, 0.25) is 0 Å². The summed E-state index contributed by atoms with van der Waals surface area (Å²) in [7, 11) is 3.42. The maximum absolute atomic E-state index is 12.1. The Balaban J connectivity index is 2.54. The Kier molecular flexibility index (Phi) is 3.59. The molecule has 1 aliphatic rings. The maximum atomic E-state index is 12.1. The van der Waals surface area contributed by atoms with E-state index in [0.29, 0.717) is 11.5 Å². The molecule has 1 saturated carbocycles. The summed E-state index contributed by atoms with van der Waals surface area (Å²) in [5.41, 5.74) is 0.159. The number of nitrogens with zero attached hydrogens (tertiary/aromatic N) is 2. The topological polar surface area (TPSA) is 44.0 Å². The van der Waals surface area contributed by atoms with Crippen LogP contribution in [0, 0.1) is 5.92 Å². The molecule has 96 valence electrons. The van der Waals surface area contributed by atoms with Gasteiger partial charge in [0.1, 0.15) is 7.85 Å². The second-order valence-corrected chi connectivity index (χ2v) is 5.21. The summed E-state index contributed by atoms with van der Waals surface area (Å²) in [6.07, 6.45) is 6.67. The molecule has 0 N–H and O–H groups in total. The third-order valence-electron chi connectivity index (χ3n) is 3.74. The van der Waals surface area contributed by atoms with Gasteiger partial charge in [-0.15, -0.1) is 5.98 Å². The van der Waals surface area contributed by atoms with Gasteiger partial charge in [0.2, 0.25) is 0 Å². The first-order chi connectivity index (χ1) is 8.54. The monoisotopic (exact) mass is 246 g/mol. The Labute approximate surface area is 107 Å². The summed E-state index contributed by atoms with van der Waals surface area (Å²) in [5.74, 6) is 2.48. The molecule has 4 nitrogen and oxygen atoms in total. The van der Waals surface area contributed by atoms with E-state index in [4.69, 9.17) is 0 Å². The second-order valence-electron chi connectivity index (χ2n) is 5.21. The smallest absolute Gasteiger partial charge is 0.297 e. The fourth-order valence-corrected chi connectivity index (χ4v) is 2.70. The first kappa shape index (κ1) is 12.9. The van der Waals surface area contributed by atoms with Crippen LogP contribution in [0.15, 0.2) is 21.8 Å². The highest BCUT2D eigenvalue weighted by molar-refractivity contribution is 6.19. The average molecular weight is 246 g/mol. The first-order valence-corrected chi connectivity index (χ1v) is 6.49. The summed E-state index contributed by atoms with van der Waals surface area (Å²) in [4.78, 5) is 24.1. The van der Waals surface area contributed by atoms with E-state index in [1.807, 2.05) is 13.8 Å². The standard InChI is InChI=1S/C13H19BN2O2/c1-9-3-4-11(7-9)16-8-10(5-6-14)12(17)15(2)13(16)18/h5-6,8-9,11H,3-4,7,14H2,1-2H3/b6-5+. The molecule has 1 heterocycles. The van der Waals surface area contributed by atoms with Gasteiger partial charge in [-0.3, -0.25) is 13.9 Å². The largest absolute Gasteiger partial charge is 0.330 e. The van der Waals surface area contributed by atoms with Crippen molar-refractivity contribution in [2.75, 3.05) is 0 Å². The first-order valence-electron chi connectivity index (χ1n) is 6.49. The zero-order valence-corrected chi connectivity index (χ0v) is 11.2. The van der Waals surface area contributed by atoms with Crippen molar-refractivity contribution >= 4 is 13.9 Å². The van der Waals surface area contributed by atoms with Crippen molar-refractivity contribution in [3.05, 3.63) is 38.6 Å². The average Bonchev–Trinajstić information content (AvgIpc) is 2.76. The van der Waals surface area contributed by atoms with Crippen LogP contribution in [0.1, 0.15) is 37.8 Å². The van der Waals surface area contributed by atoms with Gasteiger partial charge in [-0.1, -0.05) is 13.0 Å². The molecule has 5 heteroatoms. The molecule has 1 fully saturated rings. The molecule has 1 aromatic heterocycles. The highest BCUT2D eigenvalue weighted by Gasteiger charge is 2.24. The van der Waals surface area contributed by atoms with Crippen molar-refractivity contribution in [2.24, 2.45) is 13.0 Å². The fraction of sp³-hybridized carbons (Fsp3) is 0.538. The van der Waals surface area contributed by atoms with Gasteiger partial charge in [-0.2, -0.15) is 0 Å². The second kappa shape index (κ2) is 5.00. The van der Waals surface area contributed by atoms with Gasteiger partial charge in [-0.05, 0) is 25.2 Å². The Morgan fingerprint density at radius 2 is 2.11 bits per heavy atom. The van der Waals surface area contributed by atoms with E-state index in [-0.39, 0.29) is 17.3 Å². The van der Waals surface area contributed by atoms with Crippen LogP contribution in [-0.2, 0) is 7.05 Å². The van der Waals surface area contributed by atoms with E-state index < -0.39 is 0 Å². The third-order valence-corrected chi connectivity index (χ3v) is 3.74. The lowest BCUT2D eigenvalue weighted by Gasteiger charge is -2.15. The molecule has 1 aromatic rings. The molecule has 1 aliphatic carbocycles. The van der Waals surface area contributed by atoms with Crippen LogP contribution in [0.4, 0.5) is 0 Å². The van der Waals surface area contributed by atoms with E-state index in [1.165, 1.54) is 4.57 Å². The highest BCUT2D eigenvalue weighted by atomic mass is 16.2. The zero-order chi connectivity index (χ0) is 13.3. The van der Waals surface area contributed by atoms with Crippen LogP contribution < -0.4 is 11.2 Å². The molecule has 0 radical (unpaired) electrons. The van der Waals surface area contributed by atoms with Crippen LogP contribution in [0.3, 0.4) is 0 Å². The fourth-order valence-electron chi connectivity index (χ4n) is 2.70. The lowest BCUT2D eigenvalue weighted by atomic mass is 10.1. The molecule has 2 unspecified atom stereocenters. The van der Waals surface area contributed by atoms with Crippen molar-refractivity contribution in [2.45, 2.75) is 32.2 Å². The summed E-state index contributed by atoms with van der Waals surface area (Å²) in [6, 6.07) is 0.239. The normalized spacial score (nSPS) is 23.9. The molecule has 0 aromatic carbocycles. The predicted octanol–water partition coefficient (Wildman–Crippen LogP) is 0.512. The number of aromatic nitrogens is 2. The molecule has 0 amide bonds. The number of hydrogen-bond donors (Lipinski definition) is 0. The SMILES string of the molecule is B/C=C/c1cn(C2CCC(C)C2)c(=O)n(C)c1=O. The van der Waals surface area contributed by atoms with E-state index in [1.54, 1.807) is 23.9 Å². The summed E-state index contributed by atoms with van der Waals surface area (Å²) >= 11 is 0. The van der Waals surface area contributed by atoms with Gasteiger partial charge in [0.25, 0.3) is 5.56 Å². The summed E-state index contributed by atoms with van der Waals surface area (Å²) < 4.78 is 2.94. The van der Waals surface area contributed by atoms with Crippen molar-refractivity contribution in [1.82, 2.24) is 9.13 Å². The van der Waals surface area contributed by atoms with E-state index >= 15 is 0 Å². The summed E-state index contributed by atoms with van der Waals surface area (Å²) in [6.45, 7) is 2.21. The van der Waals surface area contributed by atoms with Gasteiger partial charge in [0, 0.05) is 19.3 Å². The quantitative estimate of drug-likeness (QED) is 0.714. The van der Waals surface area contributed by atoms with E-state index in [2.05, 4.69) is 6.92 Å². The van der Waals surface area contributed by atoms with Crippen LogP contribution in [-0.4, -0.2) is 17.0 Å². The molecule has 2 rings (SSSR count). The maximum Gasteiger partial charge on any atom is 0.330 e. The van der Waals surface area contributed by atoms with Crippen LogP contribution in [0.25, 0.3) is 6.08 Å². The minimum atomic E-state index is -0.222. The van der Waals surface area contributed by atoms with Crippen molar-refractivity contribution in [3.8, 4) is 0 Å². The van der Waals surface area contributed by atoms with Gasteiger partial charge < -0.3 is 0 Å². The van der Waals surface area contributed by atoms with Crippen LogP contribution >= 0.6 is 0 Å². The van der Waals surface area contributed by atoms with Gasteiger partial charge in [0.05, 0.1) is 5.56 Å². The summed E-state index contributed by atoms with van der Waals surface area (Å²) in [5, 5.41) is 0. The van der Waals surface area contributed by atoms with Gasteiger partial charge >= 0.3 is 5.69 Å². The van der Waals surface area contributed by atoms with Crippen LogP contribution in [0.5, 0.6) is 0 Å². The van der Waals surface area contributed by atoms with Crippen molar-refractivity contribution < 1.29 is 0 Å². The number of rotatable bonds is 2. The lowest BCUT2D eigenvalue weighted by Crippen LogP contribution is -2.40. The molecule has 2 atom stereocenters. The molecular formula is C13H19BN2O2. The minimum absolute atomic E-state index is 0.202.